The lowest BCUT2D eigenvalue weighted by Crippen LogP contribution is -2.31. The maximum Gasteiger partial charge on any atom is 0.305 e. The van der Waals surface area contributed by atoms with Gasteiger partial charge in [0.25, 0.3) is 0 Å². The maximum atomic E-state index is 10.8. The number of nitrogens with zero attached hydrogens (tertiary/aromatic N) is 2. The van der Waals surface area contributed by atoms with Gasteiger partial charge in [-0.05, 0) is 31.0 Å². The number of nitriles is 1. The van der Waals surface area contributed by atoms with Crippen LogP contribution in [-0.2, 0) is 4.79 Å². The largest absolute Gasteiger partial charge is 0.481 e. The van der Waals surface area contributed by atoms with Gasteiger partial charge in [-0.15, -0.1) is 0 Å². The van der Waals surface area contributed by atoms with Crippen LogP contribution in [0.25, 0.3) is 0 Å². The Morgan fingerprint density at radius 3 is 3.12 bits per heavy atom. The van der Waals surface area contributed by atoms with Crippen molar-refractivity contribution in [2.45, 2.75) is 25.3 Å². The molecule has 1 fully saturated rings. The fourth-order valence-corrected chi connectivity index (χ4v) is 2.34. The molecular formula is C13H14N2O2. The fraction of sp³-hybridized carbons (Fsp3) is 0.385. The summed E-state index contributed by atoms with van der Waals surface area (Å²) in [7, 11) is 0. The first kappa shape index (κ1) is 11.5. The number of carboxylic acid groups (broad SMARTS) is 1. The zero-order valence-corrected chi connectivity index (χ0v) is 9.47. The Hall–Kier alpha value is -2.02. The highest BCUT2D eigenvalue weighted by atomic mass is 16.4. The Bertz CT molecular complexity index is 465. The van der Waals surface area contributed by atoms with Gasteiger partial charge in [0.2, 0.25) is 0 Å². The van der Waals surface area contributed by atoms with Crippen LogP contribution in [0.3, 0.4) is 0 Å². The van der Waals surface area contributed by atoms with Gasteiger partial charge in [0.15, 0.2) is 0 Å². The van der Waals surface area contributed by atoms with E-state index in [0.717, 1.165) is 25.1 Å². The number of carbonyl (C=O) groups is 1. The van der Waals surface area contributed by atoms with E-state index in [1.165, 1.54) is 0 Å². The van der Waals surface area contributed by atoms with Crippen LogP contribution in [0.2, 0.25) is 0 Å². The topological polar surface area (TPSA) is 64.3 Å². The Balaban J connectivity index is 2.20. The van der Waals surface area contributed by atoms with Crippen LogP contribution < -0.4 is 4.90 Å². The molecule has 1 unspecified atom stereocenters. The van der Waals surface area contributed by atoms with Crippen LogP contribution in [0, 0.1) is 11.3 Å². The molecule has 1 aromatic rings. The molecule has 1 aromatic carbocycles. The molecule has 0 radical (unpaired) electrons. The maximum absolute atomic E-state index is 10.8. The summed E-state index contributed by atoms with van der Waals surface area (Å²) in [5, 5.41) is 17.7. The van der Waals surface area contributed by atoms with E-state index in [9.17, 15) is 4.79 Å². The number of rotatable bonds is 3. The van der Waals surface area contributed by atoms with Crippen LogP contribution in [0.5, 0.6) is 0 Å². The summed E-state index contributed by atoms with van der Waals surface area (Å²) in [4.78, 5) is 12.9. The Kier molecular flexibility index (Phi) is 3.29. The van der Waals surface area contributed by atoms with E-state index in [4.69, 9.17) is 10.4 Å². The first-order valence-corrected chi connectivity index (χ1v) is 5.69. The predicted molar refractivity (Wildman–Crippen MR) is 63.8 cm³/mol. The molecule has 4 nitrogen and oxygen atoms in total. The van der Waals surface area contributed by atoms with Crippen molar-refractivity contribution < 1.29 is 9.90 Å². The molecule has 0 saturated carbocycles. The molecule has 0 spiro atoms. The van der Waals surface area contributed by atoms with Gasteiger partial charge in [0, 0.05) is 18.3 Å². The third-order valence-electron chi connectivity index (χ3n) is 3.09. The minimum atomic E-state index is -0.765. The third-order valence-corrected chi connectivity index (χ3v) is 3.09. The van der Waals surface area contributed by atoms with E-state index in [2.05, 4.69) is 11.0 Å². The highest BCUT2D eigenvalue weighted by Crippen LogP contribution is 2.27. The molecule has 0 bridgehead atoms. The second-order valence-electron chi connectivity index (χ2n) is 4.25. The number of hydrogen-bond acceptors (Lipinski definition) is 3. The number of benzene rings is 1. The Labute approximate surface area is 100 Å². The second kappa shape index (κ2) is 4.88. The summed E-state index contributed by atoms with van der Waals surface area (Å²) in [6.07, 6.45) is 2.08. The number of carboxylic acids is 1. The van der Waals surface area contributed by atoms with Gasteiger partial charge >= 0.3 is 5.97 Å². The minimum Gasteiger partial charge on any atom is -0.481 e. The highest BCUT2D eigenvalue weighted by Gasteiger charge is 2.26. The zero-order valence-electron chi connectivity index (χ0n) is 9.47. The predicted octanol–water partition coefficient (Wildman–Crippen LogP) is 2.00. The lowest BCUT2D eigenvalue weighted by molar-refractivity contribution is -0.137. The second-order valence-corrected chi connectivity index (χ2v) is 4.25. The van der Waals surface area contributed by atoms with Gasteiger partial charge in [0.1, 0.15) is 0 Å². The molecule has 4 heteroatoms. The van der Waals surface area contributed by atoms with Crippen molar-refractivity contribution in [1.82, 2.24) is 0 Å². The van der Waals surface area contributed by atoms with Crippen LogP contribution in [-0.4, -0.2) is 23.7 Å². The van der Waals surface area contributed by atoms with Crippen molar-refractivity contribution in [3.05, 3.63) is 29.8 Å². The van der Waals surface area contributed by atoms with E-state index >= 15 is 0 Å². The fourth-order valence-electron chi connectivity index (χ4n) is 2.34. The molecule has 0 aliphatic carbocycles. The first-order chi connectivity index (χ1) is 8.20. The highest BCUT2D eigenvalue weighted by molar-refractivity contribution is 5.69. The van der Waals surface area contributed by atoms with Crippen LogP contribution in [0.4, 0.5) is 5.69 Å². The van der Waals surface area contributed by atoms with Crippen LogP contribution in [0.15, 0.2) is 24.3 Å². The summed E-state index contributed by atoms with van der Waals surface area (Å²) in [5.41, 5.74) is 1.57. The third kappa shape index (κ3) is 2.56. The first-order valence-electron chi connectivity index (χ1n) is 5.69. The van der Waals surface area contributed by atoms with Crippen LogP contribution in [0.1, 0.15) is 24.8 Å². The molecule has 0 amide bonds. The molecule has 1 aliphatic heterocycles. The quantitative estimate of drug-likeness (QED) is 0.862. The number of anilines is 1. The molecule has 1 N–H and O–H groups in total. The van der Waals surface area contributed by atoms with E-state index < -0.39 is 5.97 Å². The van der Waals surface area contributed by atoms with Crippen LogP contribution >= 0.6 is 0 Å². The van der Waals surface area contributed by atoms with Gasteiger partial charge in [-0.2, -0.15) is 5.26 Å². The van der Waals surface area contributed by atoms with E-state index in [-0.39, 0.29) is 12.5 Å². The Morgan fingerprint density at radius 1 is 1.59 bits per heavy atom. The van der Waals surface area contributed by atoms with E-state index in [0.29, 0.717) is 5.56 Å². The monoisotopic (exact) mass is 230 g/mol. The van der Waals surface area contributed by atoms with Gasteiger partial charge in [0.05, 0.1) is 18.1 Å². The molecule has 88 valence electrons. The molecular weight excluding hydrogens is 216 g/mol. The summed E-state index contributed by atoms with van der Waals surface area (Å²) in [6.45, 7) is 0.868. The van der Waals surface area contributed by atoms with Gasteiger partial charge in [-0.1, -0.05) is 6.07 Å². The summed E-state index contributed by atoms with van der Waals surface area (Å²) >= 11 is 0. The molecule has 1 atom stereocenters. The SMILES string of the molecule is N#Cc1cccc(N2CCCC2CC(=O)O)c1. The molecule has 0 aromatic heterocycles. The standard InChI is InChI=1S/C13H14N2O2/c14-9-10-3-1-4-11(7-10)15-6-2-5-12(15)8-13(16)17/h1,3-4,7,12H,2,5-6,8H2,(H,16,17). The van der Waals surface area contributed by atoms with Crippen molar-refractivity contribution in [2.75, 3.05) is 11.4 Å². The normalized spacial score (nSPS) is 19.0. The molecule has 1 saturated heterocycles. The Morgan fingerprint density at radius 2 is 2.41 bits per heavy atom. The zero-order chi connectivity index (χ0) is 12.3. The molecule has 17 heavy (non-hydrogen) atoms. The van der Waals surface area contributed by atoms with Gasteiger partial charge < -0.3 is 10.0 Å². The van der Waals surface area contributed by atoms with Crippen molar-refractivity contribution in [3.8, 4) is 6.07 Å². The van der Waals surface area contributed by atoms with Crippen molar-refractivity contribution in [1.29, 1.82) is 5.26 Å². The van der Waals surface area contributed by atoms with E-state index in [1.54, 1.807) is 6.07 Å². The molecule has 1 aliphatic rings. The average molecular weight is 230 g/mol. The molecule has 2 rings (SSSR count). The van der Waals surface area contributed by atoms with Crippen molar-refractivity contribution >= 4 is 11.7 Å². The minimum absolute atomic E-state index is 0.0569. The van der Waals surface area contributed by atoms with Gasteiger partial charge in [-0.25, -0.2) is 0 Å². The smallest absolute Gasteiger partial charge is 0.305 e. The number of aliphatic carboxylic acids is 1. The lowest BCUT2D eigenvalue weighted by atomic mass is 10.1. The van der Waals surface area contributed by atoms with Crippen molar-refractivity contribution in [3.63, 3.8) is 0 Å². The van der Waals surface area contributed by atoms with Gasteiger partial charge in [-0.3, -0.25) is 4.79 Å². The number of hydrogen-bond donors (Lipinski definition) is 1. The summed E-state index contributed by atoms with van der Waals surface area (Å²) < 4.78 is 0. The van der Waals surface area contributed by atoms with E-state index in [1.807, 2.05) is 18.2 Å². The average Bonchev–Trinajstić information content (AvgIpc) is 2.76. The van der Waals surface area contributed by atoms with Crippen molar-refractivity contribution in [2.24, 2.45) is 0 Å². The lowest BCUT2D eigenvalue weighted by Gasteiger charge is -2.25. The molecule has 1 heterocycles. The summed E-state index contributed by atoms with van der Waals surface area (Å²) in [5.74, 6) is -0.765. The summed E-state index contributed by atoms with van der Waals surface area (Å²) in [6, 6.07) is 9.50.